The number of ether oxygens (including phenoxy) is 2. The number of hydrogen-bond acceptors (Lipinski definition) is 5. The van der Waals surface area contributed by atoms with Crippen molar-refractivity contribution in [2.24, 2.45) is 0 Å². The van der Waals surface area contributed by atoms with Gasteiger partial charge in [-0.25, -0.2) is 13.5 Å². The first kappa shape index (κ1) is 15.3. The first-order chi connectivity index (χ1) is 10.5. The molecule has 122 valence electrons. The molecule has 0 aliphatic carbocycles. The summed E-state index contributed by atoms with van der Waals surface area (Å²) >= 11 is 0. The number of likely N-dealkylation sites (tertiary alicyclic amines) is 1. The molecule has 0 spiro atoms. The van der Waals surface area contributed by atoms with E-state index >= 15 is 0 Å². The van der Waals surface area contributed by atoms with Crippen LogP contribution in [-0.4, -0.2) is 70.7 Å². The summed E-state index contributed by atoms with van der Waals surface area (Å²) < 4.78 is 38.8. The second-order valence-corrected chi connectivity index (χ2v) is 5.52. The molecule has 2 aliphatic heterocycles. The molecule has 0 bridgehead atoms. The van der Waals surface area contributed by atoms with Crippen LogP contribution in [0.3, 0.4) is 0 Å². The van der Waals surface area contributed by atoms with Crippen molar-refractivity contribution in [2.75, 3.05) is 32.9 Å². The molecule has 0 saturated carbocycles. The third-order valence-electron chi connectivity index (χ3n) is 3.91. The van der Waals surface area contributed by atoms with Crippen molar-refractivity contribution in [1.82, 2.24) is 19.9 Å². The van der Waals surface area contributed by atoms with Gasteiger partial charge in [0.1, 0.15) is 12.1 Å². The molecule has 0 radical (unpaired) electrons. The van der Waals surface area contributed by atoms with E-state index < -0.39 is 18.4 Å². The Kier molecular flexibility index (Phi) is 4.09. The molecule has 0 aromatic carbocycles. The van der Waals surface area contributed by atoms with E-state index in [0.29, 0.717) is 19.8 Å². The van der Waals surface area contributed by atoms with E-state index in [1.807, 2.05) is 6.92 Å². The Labute approximate surface area is 126 Å². The van der Waals surface area contributed by atoms with Crippen LogP contribution in [0.15, 0.2) is 6.20 Å². The number of carbonyl (C=O) groups excluding carboxylic acids is 1. The van der Waals surface area contributed by atoms with Gasteiger partial charge >= 0.3 is 0 Å². The van der Waals surface area contributed by atoms with Gasteiger partial charge in [0.05, 0.1) is 26.0 Å². The zero-order valence-electron chi connectivity index (χ0n) is 12.2. The van der Waals surface area contributed by atoms with Crippen LogP contribution in [0, 0.1) is 0 Å². The highest BCUT2D eigenvalue weighted by atomic mass is 19.3. The van der Waals surface area contributed by atoms with Crippen molar-refractivity contribution in [2.45, 2.75) is 31.4 Å². The molecule has 7 nitrogen and oxygen atoms in total. The summed E-state index contributed by atoms with van der Waals surface area (Å²) in [6.07, 6.45) is 1.02. The van der Waals surface area contributed by atoms with Gasteiger partial charge in [0.2, 0.25) is 0 Å². The summed E-state index contributed by atoms with van der Waals surface area (Å²) in [5.74, 6) is -3.33. The first-order valence-electron chi connectivity index (χ1n) is 7.28. The Morgan fingerprint density at radius 2 is 2.36 bits per heavy atom. The third kappa shape index (κ3) is 2.95. The second kappa shape index (κ2) is 5.88. The van der Waals surface area contributed by atoms with Gasteiger partial charge in [-0.1, -0.05) is 5.21 Å². The number of nitrogens with zero attached hydrogens (tertiary/aromatic N) is 4. The zero-order chi connectivity index (χ0) is 15.7. The molecule has 2 fully saturated rings. The Balaban J connectivity index is 1.70. The zero-order valence-corrected chi connectivity index (χ0v) is 12.2. The van der Waals surface area contributed by atoms with Crippen molar-refractivity contribution in [3.8, 4) is 0 Å². The molecule has 22 heavy (non-hydrogen) atoms. The lowest BCUT2D eigenvalue weighted by Gasteiger charge is -2.17. The van der Waals surface area contributed by atoms with Crippen molar-refractivity contribution in [1.29, 1.82) is 0 Å². The minimum Gasteiger partial charge on any atom is -0.376 e. The largest absolute Gasteiger partial charge is 0.376 e. The van der Waals surface area contributed by atoms with Crippen LogP contribution in [0.4, 0.5) is 8.78 Å². The molecule has 2 aliphatic rings. The van der Waals surface area contributed by atoms with Crippen molar-refractivity contribution in [3.63, 3.8) is 0 Å². The quantitative estimate of drug-likeness (QED) is 0.819. The summed E-state index contributed by atoms with van der Waals surface area (Å²) in [7, 11) is 0. The van der Waals surface area contributed by atoms with Gasteiger partial charge < -0.3 is 14.4 Å². The van der Waals surface area contributed by atoms with E-state index in [2.05, 4.69) is 10.3 Å². The van der Waals surface area contributed by atoms with E-state index in [0.717, 1.165) is 4.90 Å². The predicted molar refractivity (Wildman–Crippen MR) is 70.8 cm³/mol. The minimum atomic E-state index is -2.81. The number of aromatic nitrogens is 3. The molecule has 1 aromatic rings. The molecule has 1 aromatic heterocycles. The number of rotatable bonds is 4. The number of alkyl halides is 2. The molecule has 2 saturated heterocycles. The molecule has 0 unspecified atom stereocenters. The average molecular weight is 316 g/mol. The fourth-order valence-electron chi connectivity index (χ4n) is 2.75. The van der Waals surface area contributed by atoms with Gasteiger partial charge in [0, 0.05) is 19.6 Å². The monoisotopic (exact) mass is 316 g/mol. The van der Waals surface area contributed by atoms with Crippen LogP contribution in [0.25, 0.3) is 0 Å². The van der Waals surface area contributed by atoms with Crippen LogP contribution < -0.4 is 0 Å². The molecule has 3 rings (SSSR count). The van der Waals surface area contributed by atoms with Gasteiger partial charge in [-0.3, -0.25) is 4.79 Å². The summed E-state index contributed by atoms with van der Waals surface area (Å²) in [4.78, 5) is 13.3. The standard InChI is InChI=1S/C13H18F2N4O3/c1-2-22-11-7-21-6-10(11)19-5-9(16-17-19)12(20)18-4-3-13(14,15)8-18/h5,10-11H,2-4,6-8H2,1H3/t10-,11-/m1/s1. The van der Waals surface area contributed by atoms with Crippen molar-refractivity contribution < 1.29 is 23.0 Å². The topological polar surface area (TPSA) is 69.5 Å². The Bertz CT molecular complexity index is 551. The normalized spacial score (nSPS) is 27.5. The van der Waals surface area contributed by atoms with Crippen molar-refractivity contribution >= 4 is 5.91 Å². The summed E-state index contributed by atoms with van der Waals surface area (Å²) in [5.41, 5.74) is 0.0693. The number of halogens is 2. The highest BCUT2D eigenvalue weighted by Gasteiger charge is 2.41. The number of hydrogen-bond donors (Lipinski definition) is 0. The molecular formula is C13H18F2N4O3. The molecule has 0 N–H and O–H groups in total. The molecule has 1 amide bonds. The van der Waals surface area contributed by atoms with E-state index in [4.69, 9.17) is 9.47 Å². The van der Waals surface area contributed by atoms with Gasteiger partial charge in [-0.15, -0.1) is 5.10 Å². The summed E-state index contributed by atoms with van der Waals surface area (Å²) in [6.45, 7) is 2.79. The predicted octanol–water partition coefficient (Wildman–Crippen LogP) is 0.736. The van der Waals surface area contributed by atoms with Crippen LogP contribution in [0.5, 0.6) is 0 Å². The molecular weight excluding hydrogens is 298 g/mol. The van der Waals surface area contributed by atoms with Gasteiger partial charge in [-0.2, -0.15) is 0 Å². The van der Waals surface area contributed by atoms with Crippen LogP contribution in [-0.2, 0) is 9.47 Å². The lowest BCUT2D eigenvalue weighted by Crippen LogP contribution is -2.31. The number of carbonyl (C=O) groups is 1. The van der Waals surface area contributed by atoms with Crippen LogP contribution in [0.1, 0.15) is 29.9 Å². The molecule has 9 heteroatoms. The van der Waals surface area contributed by atoms with E-state index in [-0.39, 0.29) is 30.8 Å². The maximum atomic E-state index is 13.2. The molecule has 2 atom stereocenters. The Hall–Kier alpha value is -1.61. The lowest BCUT2D eigenvalue weighted by atomic mass is 10.2. The average Bonchev–Trinajstić information content (AvgIpc) is 3.17. The summed E-state index contributed by atoms with van der Waals surface area (Å²) in [6, 6.07) is -0.158. The van der Waals surface area contributed by atoms with E-state index in [9.17, 15) is 13.6 Å². The minimum absolute atomic E-state index is 0.0345. The first-order valence-corrected chi connectivity index (χ1v) is 7.28. The Morgan fingerprint density at radius 1 is 1.55 bits per heavy atom. The molecule has 3 heterocycles. The third-order valence-corrected chi connectivity index (χ3v) is 3.91. The fourth-order valence-corrected chi connectivity index (χ4v) is 2.75. The SMILES string of the molecule is CCO[C@@H]1COC[C@H]1n1cc(C(=O)N2CCC(F)(F)C2)nn1. The lowest BCUT2D eigenvalue weighted by molar-refractivity contribution is 0.0119. The van der Waals surface area contributed by atoms with Gasteiger partial charge in [0.25, 0.3) is 11.8 Å². The number of amides is 1. The highest BCUT2D eigenvalue weighted by Crippen LogP contribution is 2.28. The van der Waals surface area contributed by atoms with E-state index in [1.165, 1.54) is 10.9 Å². The van der Waals surface area contributed by atoms with Crippen LogP contribution >= 0.6 is 0 Å². The van der Waals surface area contributed by atoms with Crippen molar-refractivity contribution in [3.05, 3.63) is 11.9 Å². The van der Waals surface area contributed by atoms with E-state index in [1.54, 1.807) is 0 Å². The summed E-state index contributed by atoms with van der Waals surface area (Å²) in [5, 5.41) is 7.74. The maximum Gasteiger partial charge on any atom is 0.276 e. The smallest absolute Gasteiger partial charge is 0.276 e. The maximum absolute atomic E-state index is 13.2. The second-order valence-electron chi connectivity index (χ2n) is 5.52. The highest BCUT2D eigenvalue weighted by molar-refractivity contribution is 5.92. The van der Waals surface area contributed by atoms with Gasteiger partial charge in [-0.05, 0) is 6.92 Å². The van der Waals surface area contributed by atoms with Crippen LogP contribution in [0.2, 0.25) is 0 Å². The Morgan fingerprint density at radius 3 is 3.05 bits per heavy atom. The fraction of sp³-hybridized carbons (Fsp3) is 0.769. The van der Waals surface area contributed by atoms with Gasteiger partial charge in [0.15, 0.2) is 5.69 Å².